The molecule has 0 aromatic rings. The summed E-state index contributed by atoms with van der Waals surface area (Å²) in [5, 5.41) is 0. The lowest BCUT2D eigenvalue weighted by Gasteiger charge is -2.34. The fourth-order valence-electron chi connectivity index (χ4n) is 1.21. The molecule has 1 aliphatic heterocycles. The average molecular weight is 376 g/mol. The first-order valence-electron chi connectivity index (χ1n) is 6.06. The minimum atomic E-state index is -5.65. The van der Waals surface area contributed by atoms with Crippen LogP contribution in [-0.2, 0) is 27.6 Å². The summed E-state index contributed by atoms with van der Waals surface area (Å²) in [6.45, 7) is 0.909. The van der Waals surface area contributed by atoms with Gasteiger partial charge in [0.05, 0.1) is 13.2 Å². The summed E-state index contributed by atoms with van der Waals surface area (Å²) in [6.07, 6.45) is -15.9. The molecule has 0 amide bonds. The molecule has 6 nitrogen and oxygen atoms in total. The van der Waals surface area contributed by atoms with Crippen LogP contribution in [0.5, 0.6) is 0 Å². The zero-order valence-corrected chi connectivity index (χ0v) is 13.2. The Kier molecular flexibility index (Phi) is 5.83. The predicted octanol–water partition coefficient (Wildman–Crippen LogP) is 3.63. The molecule has 0 saturated carbocycles. The lowest BCUT2D eigenvalue weighted by atomic mass is 9.97. The molecule has 0 N–H and O–H groups in total. The maximum Gasteiger partial charge on any atom is 0.475 e. The number of alkyl halides is 6. The summed E-state index contributed by atoms with van der Waals surface area (Å²) < 4.78 is 109. The monoisotopic (exact) mass is 376 g/mol. The Morgan fingerprint density at radius 3 is 1.96 bits per heavy atom. The van der Waals surface area contributed by atoms with E-state index < -0.39 is 38.2 Å². The summed E-state index contributed by atoms with van der Waals surface area (Å²) in [4.78, 5) is 0. The molecular weight excluding hydrogens is 361 g/mol. The summed E-state index contributed by atoms with van der Waals surface area (Å²) in [5.41, 5.74) is -0.566. The largest absolute Gasteiger partial charge is 0.475 e. The van der Waals surface area contributed by atoms with Gasteiger partial charge < -0.3 is 4.74 Å². The molecule has 13 heteroatoms. The van der Waals surface area contributed by atoms with Crippen molar-refractivity contribution in [3.05, 3.63) is 0 Å². The standard InChI is InChI=1S/C10H15F6O6P/c1-7(2)4-19-23(17,20-5-7)21-6-8(11,12)22-10(15,16)9(13,14)18-3/h4-6H2,1-3H3. The number of methoxy groups -OCH3 is 1. The van der Waals surface area contributed by atoms with Crippen LogP contribution in [0, 0.1) is 5.41 Å². The molecule has 1 heterocycles. The van der Waals surface area contributed by atoms with E-state index in [0.717, 1.165) is 0 Å². The van der Waals surface area contributed by atoms with Crippen LogP contribution < -0.4 is 0 Å². The third kappa shape index (κ3) is 5.57. The van der Waals surface area contributed by atoms with Gasteiger partial charge in [-0.25, -0.2) is 9.30 Å². The van der Waals surface area contributed by atoms with Gasteiger partial charge in [-0.15, -0.1) is 0 Å². The topological polar surface area (TPSA) is 63.2 Å². The van der Waals surface area contributed by atoms with Crippen LogP contribution in [0.4, 0.5) is 26.3 Å². The van der Waals surface area contributed by atoms with Crippen LogP contribution >= 0.6 is 7.82 Å². The van der Waals surface area contributed by atoms with Crippen molar-refractivity contribution < 1.29 is 54.0 Å². The molecule has 0 aromatic carbocycles. The molecule has 0 atom stereocenters. The van der Waals surface area contributed by atoms with Crippen molar-refractivity contribution in [1.29, 1.82) is 0 Å². The smallest absolute Gasteiger partial charge is 0.317 e. The molecule has 0 spiro atoms. The highest BCUT2D eigenvalue weighted by Gasteiger charge is 2.64. The van der Waals surface area contributed by atoms with Crippen LogP contribution in [0.2, 0.25) is 0 Å². The third-order valence-corrected chi connectivity index (χ3v) is 3.83. The molecule has 0 aliphatic carbocycles. The molecule has 0 bridgehead atoms. The van der Waals surface area contributed by atoms with Gasteiger partial charge in [-0.05, 0) is 0 Å². The molecule has 0 aromatic heterocycles. The van der Waals surface area contributed by atoms with Crippen molar-refractivity contribution >= 4 is 7.82 Å². The van der Waals surface area contributed by atoms with Gasteiger partial charge in [-0.3, -0.25) is 13.6 Å². The Bertz CT molecular complexity index is 457. The summed E-state index contributed by atoms with van der Waals surface area (Å²) in [5.74, 6) is 0. The first-order chi connectivity index (χ1) is 10.1. The molecule has 1 fully saturated rings. The number of phosphoric acid groups is 1. The molecule has 1 aliphatic rings. The fraction of sp³-hybridized carbons (Fsp3) is 1.00. The first-order valence-corrected chi connectivity index (χ1v) is 7.52. The van der Waals surface area contributed by atoms with Crippen molar-refractivity contribution in [2.24, 2.45) is 5.41 Å². The highest BCUT2D eigenvalue weighted by atomic mass is 31.2. The SMILES string of the molecule is COC(F)(F)C(F)(F)OC(F)(F)COP1(=O)OCC(C)(C)CO1. The maximum absolute atomic E-state index is 13.2. The summed E-state index contributed by atoms with van der Waals surface area (Å²) in [6, 6.07) is 0. The van der Waals surface area contributed by atoms with E-state index >= 15 is 0 Å². The minimum Gasteiger partial charge on any atom is -0.317 e. The number of ether oxygens (including phenoxy) is 2. The van der Waals surface area contributed by atoms with Gasteiger partial charge in [0.25, 0.3) is 0 Å². The van der Waals surface area contributed by atoms with Crippen molar-refractivity contribution in [3.8, 4) is 0 Å². The van der Waals surface area contributed by atoms with Crippen LogP contribution in [0.3, 0.4) is 0 Å². The molecular formula is C10H15F6O6P. The van der Waals surface area contributed by atoms with E-state index in [0.29, 0.717) is 0 Å². The number of phosphoric ester groups is 1. The second-order valence-corrected chi connectivity index (χ2v) is 7.08. The van der Waals surface area contributed by atoms with Gasteiger partial charge in [0, 0.05) is 12.5 Å². The highest BCUT2D eigenvalue weighted by Crippen LogP contribution is 2.55. The molecule has 23 heavy (non-hydrogen) atoms. The second-order valence-electron chi connectivity index (χ2n) is 5.41. The van der Waals surface area contributed by atoms with E-state index in [1.807, 2.05) is 0 Å². The molecule has 1 saturated heterocycles. The fourth-order valence-corrected chi connectivity index (χ4v) is 2.76. The van der Waals surface area contributed by atoms with E-state index in [4.69, 9.17) is 0 Å². The van der Waals surface area contributed by atoms with E-state index in [1.165, 1.54) is 0 Å². The maximum atomic E-state index is 13.2. The van der Waals surface area contributed by atoms with Crippen LogP contribution in [0.1, 0.15) is 13.8 Å². The highest BCUT2D eigenvalue weighted by molar-refractivity contribution is 7.48. The number of hydrogen-bond donors (Lipinski definition) is 0. The van der Waals surface area contributed by atoms with Crippen LogP contribution in [0.15, 0.2) is 0 Å². The third-order valence-electron chi connectivity index (χ3n) is 2.49. The zero-order chi connectivity index (χ0) is 18.2. The zero-order valence-electron chi connectivity index (χ0n) is 12.3. The van der Waals surface area contributed by atoms with Gasteiger partial charge in [-0.1, -0.05) is 13.8 Å². The number of rotatable bonds is 7. The molecule has 1 rings (SSSR count). The van der Waals surface area contributed by atoms with Crippen molar-refractivity contribution in [3.63, 3.8) is 0 Å². The number of halogens is 6. The summed E-state index contributed by atoms with van der Waals surface area (Å²) in [7, 11) is -4.25. The predicted molar refractivity (Wildman–Crippen MR) is 62.2 cm³/mol. The van der Waals surface area contributed by atoms with Crippen LogP contribution in [-0.4, -0.2) is 45.3 Å². The Morgan fingerprint density at radius 2 is 1.52 bits per heavy atom. The normalized spacial score (nSPS) is 22.1. The van der Waals surface area contributed by atoms with Gasteiger partial charge in [0.15, 0.2) is 0 Å². The van der Waals surface area contributed by atoms with E-state index in [-0.39, 0.29) is 20.3 Å². The van der Waals surface area contributed by atoms with Crippen molar-refractivity contribution in [1.82, 2.24) is 0 Å². The van der Waals surface area contributed by atoms with Gasteiger partial charge >= 0.3 is 26.1 Å². The van der Waals surface area contributed by atoms with E-state index in [9.17, 15) is 30.9 Å². The van der Waals surface area contributed by atoms with Crippen molar-refractivity contribution in [2.45, 2.75) is 32.2 Å². The lowest BCUT2D eigenvalue weighted by Crippen LogP contribution is -2.49. The Balaban J connectivity index is 2.64. The number of hydrogen-bond acceptors (Lipinski definition) is 6. The lowest BCUT2D eigenvalue weighted by molar-refractivity contribution is -0.479. The van der Waals surface area contributed by atoms with Gasteiger partial charge in [0.2, 0.25) is 0 Å². The van der Waals surface area contributed by atoms with E-state index in [1.54, 1.807) is 13.8 Å². The van der Waals surface area contributed by atoms with Crippen molar-refractivity contribution in [2.75, 3.05) is 26.9 Å². The summed E-state index contributed by atoms with van der Waals surface area (Å²) >= 11 is 0. The molecule has 138 valence electrons. The molecule has 0 unspecified atom stereocenters. The quantitative estimate of drug-likeness (QED) is 0.500. The average Bonchev–Trinajstić information content (AvgIpc) is 2.39. The Morgan fingerprint density at radius 1 is 1.04 bits per heavy atom. The Hall–Kier alpha value is -0.390. The van der Waals surface area contributed by atoms with Crippen LogP contribution in [0.25, 0.3) is 0 Å². The van der Waals surface area contributed by atoms with Gasteiger partial charge in [-0.2, -0.15) is 26.3 Å². The second kappa shape index (κ2) is 6.49. The first kappa shape index (κ1) is 20.7. The Labute approximate surface area is 127 Å². The van der Waals surface area contributed by atoms with Gasteiger partial charge in [0.1, 0.15) is 6.61 Å². The minimum absolute atomic E-state index is 0.172. The molecule has 0 radical (unpaired) electrons. The van der Waals surface area contributed by atoms with E-state index in [2.05, 4.69) is 23.0 Å².